The third-order valence-electron chi connectivity index (χ3n) is 2.79. The Hall–Kier alpha value is -0.580. The zero-order valence-corrected chi connectivity index (χ0v) is 12.4. The van der Waals surface area contributed by atoms with E-state index in [0.29, 0.717) is 19.0 Å². The average Bonchev–Trinajstić information content (AvgIpc) is 2.35. The molecule has 0 aliphatic carbocycles. The highest BCUT2D eigenvalue weighted by Crippen LogP contribution is 2.06. The van der Waals surface area contributed by atoms with Gasteiger partial charge in [-0.05, 0) is 25.0 Å². The van der Waals surface area contributed by atoms with Crippen LogP contribution in [0.2, 0.25) is 0 Å². The van der Waals surface area contributed by atoms with Crippen LogP contribution in [0.5, 0.6) is 0 Å². The number of sulfone groups is 1. The second kappa shape index (κ2) is 7.12. The summed E-state index contributed by atoms with van der Waals surface area (Å²) in [6.07, 6.45) is 0. The van der Waals surface area contributed by atoms with Gasteiger partial charge in [0.1, 0.15) is 0 Å². The largest absolute Gasteiger partial charge is 0.312 e. The molecule has 18 heavy (non-hydrogen) atoms. The lowest BCUT2D eigenvalue weighted by molar-refractivity contribution is 0.582. The number of hydrogen-bond donors (Lipinski definition) is 1. The van der Waals surface area contributed by atoms with Crippen LogP contribution in [0.15, 0.2) is 24.3 Å². The molecule has 0 bridgehead atoms. The average molecular weight is 290 g/mol. The highest BCUT2D eigenvalue weighted by Gasteiger charge is 2.14. The molecule has 3 nitrogen and oxygen atoms in total. The smallest absolute Gasteiger partial charge is 0.153 e. The predicted octanol–water partition coefficient (Wildman–Crippen LogP) is 2.34. The molecule has 102 valence electrons. The van der Waals surface area contributed by atoms with Gasteiger partial charge in [-0.2, -0.15) is 0 Å². The van der Waals surface area contributed by atoms with Crippen molar-refractivity contribution in [3.8, 4) is 0 Å². The van der Waals surface area contributed by atoms with E-state index in [9.17, 15) is 8.42 Å². The second-order valence-corrected chi connectivity index (χ2v) is 7.49. The van der Waals surface area contributed by atoms with Crippen molar-refractivity contribution in [2.24, 2.45) is 0 Å². The zero-order valence-electron chi connectivity index (χ0n) is 10.8. The lowest BCUT2D eigenvalue weighted by Gasteiger charge is -2.09. The van der Waals surface area contributed by atoms with Gasteiger partial charge in [0.25, 0.3) is 0 Å². The molecule has 0 amide bonds. The van der Waals surface area contributed by atoms with Gasteiger partial charge in [0.05, 0.1) is 11.0 Å². The number of benzene rings is 1. The molecule has 1 aromatic carbocycles. The molecule has 0 saturated heterocycles. The van der Waals surface area contributed by atoms with Crippen LogP contribution in [0.25, 0.3) is 0 Å². The second-order valence-electron chi connectivity index (χ2n) is 4.54. The Morgan fingerprint density at radius 2 is 1.72 bits per heavy atom. The van der Waals surface area contributed by atoms with Crippen LogP contribution in [-0.2, 0) is 22.3 Å². The van der Waals surface area contributed by atoms with E-state index in [-0.39, 0.29) is 11.0 Å². The van der Waals surface area contributed by atoms with E-state index in [2.05, 4.69) is 5.32 Å². The molecule has 5 heteroatoms. The SMILES string of the molecule is CC(C)S(=O)(=O)CCNCc1ccc(CCl)cc1. The van der Waals surface area contributed by atoms with Gasteiger partial charge in [0.15, 0.2) is 9.84 Å². The Morgan fingerprint density at radius 3 is 2.22 bits per heavy atom. The van der Waals surface area contributed by atoms with Crippen LogP contribution < -0.4 is 5.32 Å². The zero-order chi connectivity index (χ0) is 13.6. The Balaban J connectivity index is 2.34. The number of nitrogens with one attached hydrogen (secondary N) is 1. The molecule has 1 N–H and O–H groups in total. The number of alkyl halides is 1. The van der Waals surface area contributed by atoms with Gasteiger partial charge in [-0.1, -0.05) is 24.3 Å². The molecular weight excluding hydrogens is 270 g/mol. The molecule has 0 unspecified atom stereocenters. The van der Waals surface area contributed by atoms with E-state index in [0.717, 1.165) is 11.1 Å². The van der Waals surface area contributed by atoms with Crippen molar-refractivity contribution >= 4 is 21.4 Å². The van der Waals surface area contributed by atoms with Crippen molar-refractivity contribution < 1.29 is 8.42 Å². The summed E-state index contributed by atoms with van der Waals surface area (Å²) >= 11 is 5.70. The van der Waals surface area contributed by atoms with Crippen molar-refractivity contribution in [2.45, 2.75) is 31.5 Å². The topological polar surface area (TPSA) is 46.2 Å². The van der Waals surface area contributed by atoms with E-state index in [4.69, 9.17) is 11.6 Å². The standard InChI is InChI=1S/C13H20ClNO2S/c1-11(2)18(16,17)8-7-15-10-13-5-3-12(9-14)4-6-13/h3-6,11,15H,7-10H2,1-2H3. The molecule has 0 aromatic heterocycles. The first-order valence-corrected chi connectivity index (χ1v) is 8.27. The van der Waals surface area contributed by atoms with Crippen LogP contribution >= 0.6 is 11.6 Å². The Bertz CT molecular complexity index is 454. The van der Waals surface area contributed by atoms with E-state index in [1.54, 1.807) is 13.8 Å². The van der Waals surface area contributed by atoms with Gasteiger partial charge >= 0.3 is 0 Å². The molecule has 0 radical (unpaired) electrons. The van der Waals surface area contributed by atoms with E-state index < -0.39 is 9.84 Å². The van der Waals surface area contributed by atoms with Gasteiger partial charge in [-0.25, -0.2) is 8.42 Å². The molecule has 0 aliphatic rings. The lowest BCUT2D eigenvalue weighted by Crippen LogP contribution is -2.27. The van der Waals surface area contributed by atoms with Gasteiger partial charge in [-0.3, -0.25) is 0 Å². The first kappa shape index (κ1) is 15.5. The fraction of sp³-hybridized carbons (Fsp3) is 0.538. The van der Waals surface area contributed by atoms with Crippen molar-refractivity contribution in [3.63, 3.8) is 0 Å². The summed E-state index contributed by atoms with van der Waals surface area (Å²) in [5, 5.41) is 2.83. The molecule has 0 atom stereocenters. The van der Waals surface area contributed by atoms with Crippen molar-refractivity contribution in [3.05, 3.63) is 35.4 Å². The molecule has 0 saturated carbocycles. The van der Waals surface area contributed by atoms with Crippen LogP contribution in [0.3, 0.4) is 0 Å². The quantitative estimate of drug-likeness (QED) is 0.619. The molecule has 1 rings (SSSR count). The van der Waals surface area contributed by atoms with Crippen molar-refractivity contribution in [1.29, 1.82) is 0 Å². The minimum Gasteiger partial charge on any atom is -0.312 e. The Morgan fingerprint density at radius 1 is 1.17 bits per heavy atom. The summed E-state index contributed by atoms with van der Waals surface area (Å²) in [4.78, 5) is 0. The summed E-state index contributed by atoms with van der Waals surface area (Å²) in [6.45, 7) is 4.58. The van der Waals surface area contributed by atoms with Gasteiger partial charge in [0.2, 0.25) is 0 Å². The Labute approximate surface area is 114 Å². The fourth-order valence-electron chi connectivity index (χ4n) is 1.43. The van der Waals surface area contributed by atoms with Gasteiger partial charge < -0.3 is 5.32 Å². The first-order chi connectivity index (χ1) is 8.45. The number of halogens is 1. The fourth-order valence-corrected chi connectivity index (χ4v) is 2.51. The summed E-state index contributed by atoms with van der Waals surface area (Å²) in [5.41, 5.74) is 2.22. The Kier molecular flexibility index (Phi) is 6.12. The lowest BCUT2D eigenvalue weighted by atomic mass is 10.1. The first-order valence-electron chi connectivity index (χ1n) is 6.02. The van der Waals surface area contributed by atoms with Gasteiger partial charge in [0, 0.05) is 19.0 Å². The predicted molar refractivity (Wildman–Crippen MR) is 76.6 cm³/mol. The molecule has 0 spiro atoms. The van der Waals surface area contributed by atoms with E-state index >= 15 is 0 Å². The molecule has 1 aromatic rings. The summed E-state index contributed by atoms with van der Waals surface area (Å²) in [7, 11) is -2.94. The minimum atomic E-state index is -2.94. The summed E-state index contributed by atoms with van der Waals surface area (Å²) in [6, 6.07) is 7.97. The van der Waals surface area contributed by atoms with E-state index in [1.807, 2.05) is 24.3 Å². The minimum absolute atomic E-state index is 0.185. The van der Waals surface area contributed by atoms with Crippen LogP contribution in [0.1, 0.15) is 25.0 Å². The highest BCUT2D eigenvalue weighted by atomic mass is 35.5. The summed E-state index contributed by atoms with van der Waals surface area (Å²) in [5.74, 6) is 0.699. The van der Waals surface area contributed by atoms with Crippen LogP contribution in [-0.4, -0.2) is 26.0 Å². The molecular formula is C13H20ClNO2S. The maximum absolute atomic E-state index is 11.6. The number of hydrogen-bond acceptors (Lipinski definition) is 3. The number of rotatable bonds is 7. The van der Waals surface area contributed by atoms with Crippen LogP contribution in [0.4, 0.5) is 0 Å². The third kappa shape index (κ3) is 4.96. The van der Waals surface area contributed by atoms with Crippen molar-refractivity contribution in [2.75, 3.05) is 12.3 Å². The van der Waals surface area contributed by atoms with Gasteiger partial charge in [-0.15, -0.1) is 11.6 Å². The molecule has 0 fully saturated rings. The maximum atomic E-state index is 11.6. The maximum Gasteiger partial charge on any atom is 0.153 e. The van der Waals surface area contributed by atoms with Crippen LogP contribution in [0, 0.1) is 0 Å². The molecule has 0 heterocycles. The van der Waals surface area contributed by atoms with E-state index in [1.165, 1.54) is 0 Å². The molecule has 0 aliphatic heterocycles. The monoisotopic (exact) mass is 289 g/mol. The highest BCUT2D eigenvalue weighted by molar-refractivity contribution is 7.92. The van der Waals surface area contributed by atoms with Crippen molar-refractivity contribution in [1.82, 2.24) is 5.32 Å². The summed E-state index contributed by atoms with van der Waals surface area (Å²) < 4.78 is 23.1. The normalized spacial score (nSPS) is 12.0. The third-order valence-corrected chi connectivity index (χ3v) is 5.31.